The second kappa shape index (κ2) is 10.3. The topological polar surface area (TPSA) is 119 Å². The Bertz CT molecular complexity index is 889. The molecule has 2 aliphatic rings. The molecule has 1 unspecified atom stereocenters. The highest BCUT2D eigenvalue weighted by atomic mass is 35.5. The summed E-state index contributed by atoms with van der Waals surface area (Å²) in [5, 5.41) is 4.96. The summed E-state index contributed by atoms with van der Waals surface area (Å²) in [5.74, 6) is -1.44. The quantitative estimate of drug-likeness (QED) is 0.578. The molecule has 0 saturated carbocycles. The van der Waals surface area contributed by atoms with Gasteiger partial charge in [-0.2, -0.15) is 0 Å². The van der Waals surface area contributed by atoms with Crippen molar-refractivity contribution in [1.29, 1.82) is 0 Å². The number of benzene rings is 1. The van der Waals surface area contributed by atoms with E-state index in [-0.39, 0.29) is 25.5 Å². The van der Waals surface area contributed by atoms with Gasteiger partial charge in [0.15, 0.2) is 0 Å². The van der Waals surface area contributed by atoms with E-state index in [2.05, 4.69) is 0 Å². The number of morpholine rings is 1. The number of hydrogen-bond donors (Lipinski definition) is 1. The molecule has 3 atom stereocenters. The van der Waals surface area contributed by atoms with Crippen molar-refractivity contribution < 1.29 is 27.5 Å². The van der Waals surface area contributed by atoms with Crippen LogP contribution in [0.5, 0.6) is 0 Å². The number of primary sulfonamides is 1. The molecule has 11 heteroatoms. The predicted octanol–water partition coefficient (Wildman–Crippen LogP) is 0.262. The van der Waals surface area contributed by atoms with Crippen molar-refractivity contribution in [3.8, 4) is 0 Å². The minimum atomic E-state index is -4.02. The Balaban J connectivity index is 1.79. The van der Waals surface area contributed by atoms with Gasteiger partial charge in [0.1, 0.15) is 6.04 Å². The second-order valence-corrected chi connectivity index (χ2v) is 10.0. The summed E-state index contributed by atoms with van der Waals surface area (Å²) in [6.07, 6.45) is 0.386. The number of ether oxygens (including phenoxy) is 2. The van der Waals surface area contributed by atoms with Crippen molar-refractivity contribution in [2.24, 2.45) is 11.1 Å². The number of carbonyl (C=O) groups excluding carboxylic acids is 2. The van der Waals surface area contributed by atoms with Gasteiger partial charge >= 0.3 is 0 Å². The molecule has 1 aromatic rings. The van der Waals surface area contributed by atoms with E-state index >= 15 is 0 Å². The molecule has 2 heterocycles. The van der Waals surface area contributed by atoms with Gasteiger partial charge in [0.25, 0.3) is 0 Å². The fourth-order valence-electron chi connectivity index (χ4n) is 4.17. The average molecular weight is 474 g/mol. The van der Waals surface area contributed by atoms with Crippen LogP contribution in [0.15, 0.2) is 24.3 Å². The molecule has 0 aliphatic carbocycles. The van der Waals surface area contributed by atoms with Crippen molar-refractivity contribution in [1.82, 2.24) is 9.80 Å². The first-order chi connectivity index (χ1) is 14.7. The zero-order valence-electron chi connectivity index (χ0n) is 17.4. The van der Waals surface area contributed by atoms with Crippen molar-refractivity contribution in [2.75, 3.05) is 46.6 Å². The van der Waals surface area contributed by atoms with Crippen LogP contribution in [0.4, 0.5) is 0 Å². The van der Waals surface area contributed by atoms with Crippen molar-refractivity contribution >= 4 is 33.4 Å². The van der Waals surface area contributed by atoms with Gasteiger partial charge in [-0.1, -0.05) is 23.7 Å². The third-order valence-electron chi connectivity index (χ3n) is 5.81. The fraction of sp³-hybridized carbons (Fsp3) is 0.600. The van der Waals surface area contributed by atoms with Gasteiger partial charge in [-0.3, -0.25) is 9.59 Å². The lowest BCUT2D eigenvalue weighted by molar-refractivity contribution is -0.149. The Morgan fingerprint density at radius 2 is 1.90 bits per heavy atom. The monoisotopic (exact) mass is 473 g/mol. The smallest absolute Gasteiger partial charge is 0.247 e. The first kappa shape index (κ1) is 23.9. The lowest BCUT2D eigenvalue weighted by atomic mass is 9.97. The summed E-state index contributed by atoms with van der Waals surface area (Å²) < 4.78 is 35.3. The van der Waals surface area contributed by atoms with E-state index in [0.29, 0.717) is 43.3 Å². The predicted molar refractivity (Wildman–Crippen MR) is 115 cm³/mol. The first-order valence-corrected chi connectivity index (χ1v) is 12.1. The fourth-order valence-corrected chi connectivity index (χ4v) is 5.43. The van der Waals surface area contributed by atoms with E-state index in [0.717, 1.165) is 0 Å². The van der Waals surface area contributed by atoms with Gasteiger partial charge in [-0.05, 0) is 30.5 Å². The average Bonchev–Trinajstić information content (AvgIpc) is 3.11. The van der Waals surface area contributed by atoms with Crippen molar-refractivity contribution in [2.45, 2.75) is 24.1 Å². The molecule has 2 saturated heterocycles. The number of carbonyl (C=O) groups is 2. The summed E-state index contributed by atoms with van der Waals surface area (Å²) in [5.41, 5.74) is 0.715. The molecule has 2 aliphatic heterocycles. The van der Waals surface area contributed by atoms with E-state index in [1.807, 2.05) is 0 Å². The van der Waals surface area contributed by atoms with Crippen molar-refractivity contribution in [3.63, 3.8) is 0 Å². The molecule has 31 heavy (non-hydrogen) atoms. The van der Waals surface area contributed by atoms with Crippen LogP contribution in [-0.4, -0.2) is 87.9 Å². The maximum absolute atomic E-state index is 13.3. The van der Waals surface area contributed by atoms with Crippen LogP contribution in [0.1, 0.15) is 12.0 Å². The molecule has 2 N–H and O–H groups in total. The Morgan fingerprint density at radius 1 is 1.26 bits per heavy atom. The molecule has 0 bridgehead atoms. The van der Waals surface area contributed by atoms with E-state index in [4.69, 9.17) is 26.2 Å². The SMILES string of the molecule is COC[C@@H](C(=O)N1CCOCC1)N1CC[C@H](C(Cc2ccc(Cl)cc2)S(N)(=O)=O)C1=O. The number of sulfonamides is 1. The Kier molecular flexibility index (Phi) is 7.92. The van der Waals surface area contributed by atoms with Crippen LogP contribution < -0.4 is 5.14 Å². The molecule has 2 fully saturated rings. The van der Waals surface area contributed by atoms with Crippen LogP contribution in [-0.2, 0) is 35.5 Å². The first-order valence-electron chi connectivity index (χ1n) is 10.1. The van der Waals surface area contributed by atoms with Gasteiger partial charge in [0, 0.05) is 31.8 Å². The number of rotatable bonds is 8. The number of amides is 2. The molecule has 172 valence electrons. The van der Waals surface area contributed by atoms with Crippen LogP contribution in [0.3, 0.4) is 0 Å². The van der Waals surface area contributed by atoms with Gasteiger partial charge in [-0.15, -0.1) is 0 Å². The molecule has 9 nitrogen and oxygen atoms in total. The molecule has 0 aromatic heterocycles. The highest BCUT2D eigenvalue weighted by Gasteiger charge is 2.46. The number of nitrogens with two attached hydrogens (primary N) is 1. The molecule has 0 spiro atoms. The van der Waals surface area contributed by atoms with Gasteiger partial charge in [0.2, 0.25) is 21.8 Å². The minimum absolute atomic E-state index is 0.0336. The van der Waals surface area contributed by atoms with Gasteiger partial charge in [0.05, 0.1) is 31.0 Å². The zero-order valence-corrected chi connectivity index (χ0v) is 19.0. The third kappa shape index (κ3) is 5.75. The number of hydrogen-bond acceptors (Lipinski definition) is 6. The number of methoxy groups -OCH3 is 1. The molecule has 1 aromatic carbocycles. The number of nitrogens with zero attached hydrogens (tertiary/aromatic N) is 2. The van der Waals surface area contributed by atoms with E-state index in [1.165, 1.54) is 12.0 Å². The van der Waals surface area contributed by atoms with Gasteiger partial charge in [-0.25, -0.2) is 13.6 Å². The number of halogens is 1. The highest BCUT2D eigenvalue weighted by Crippen LogP contribution is 2.29. The Labute approximate surface area is 187 Å². The summed E-state index contributed by atoms with van der Waals surface area (Å²) >= 11 is 5.91. The summed E-state index contributed by atoms with van der Waals surface area (Å²) in [6, 6.07) is 5.95. The Hall–Kier alpha value is -1.72. The van der Waals surface area contributed by atoms with E-state index in [9.17, 15) is 18.0 Å². The van der Waals surface area contributed by atoms with Crippen LogP contribution in [0.2, 0.25) is 5.02 Å². The molecule has 3 rings (SSSR count). The largest absolute Gasteiger partial charge is 0.382 e. The van der Waals surface area contributed by atoms with E-state index < -0.39 is 33.1 Å². The van der Waals surface area contributed by atoms with Crippen LogP contribution in [0.25, 0.3) is 0 Å². The normalized spacial score (nSPS) is 21.9. The lowest BCUT2D eigenvalue weighted by Gasteiger charge is -2.34. The summed E-state index contributed by atoms with van der Waals surface area (Å²) in [7, 11) is -2.55. The maximum Gasteiger partial charge on any atom is 0.247 e. The lowest BCUT2D eigenvalue weighted by Crippen LogP contribution is -2.54. The minimum Gasteiger partial charge on any atom is -0.382 e. The molecule has 0 radical (unpaired) electrons. The van der Waals surface area contributed by atoms with Crippen LogP contribution >= 0.6 is 11.6 Å². The third-order valence-corrected chi connectivity index (χ3v) is 7.40. The summed E-state index contributed by atoms with van der Waals surface area (Å²) in [4.78, 5) is 29.4. The molecular weight excluding hydrogens is 446 g/mol. The highest BCUT2D eigenvalue weighted by molar-refractivity contribution is 7.89. The van der Waals surface area contributed by atoms with Crippen molar-refractivity contribution in [3.05, 3.63) is 34.9 Å². The van der Waals surface area contributed by atoms with Crippen LogP contribution in [0, 0.1) is 5.92 Å². The molecular formula is C20H28ClN3O6S. The zero-order chi connectivity index (χ0) is 22.6. The summed E-state index contributed by atoms with van der Waals surface area (Å²) in [6.45, 7) is 2.07. The standard InChI is InChI=1S/C20H28ClN3O6S/c1-29-13-17(20(26)23-8-10-30-11-9-23)24-7-6-16(19(24)25)18(31(22,27)28)12-14-2-4-15(21)5-3-14/h2-5,16-18H,6-13H2,1H3,(H2,22,27,28)/t16-,17+,18?/m1/s1. The Morgan fingerprint density at radius 3 is 2.48 bits per heavy atom. The maximum atomic E-state index is 13.3. The number of likely N-dealkylation sites (tertiary alicyclic amines) is 1. The molecule has 2 amide bonds. The van der Waals surface area contributed by atoms with Gasteiger partial charge < -0.3 is 19.3 Å². The van der Waals surface area contributed by atoms with E-state index in [1.54, 1.807) is 29.2 Å². The second-order valence-electron chi connectivity index (χ2n) is 7.79.